The maximum atomic E-state index is 11.0. The molecular weight excluding hydrogens is 309 g/mol. The summed E-state index contributed by atoms with van der Waals surface area (Å²) in [5.74, 6) is -1.96. The molecule has 0 heterocycles. The minimum Gasteiger partial charge on any atom is -0.481 e. The summed E-state index contributed by atoms with van der Waals surface area (Å²) in [5, 5.41) is 18.1. The van der Waals surface area contributed by atoms with Crippen LogP contribution in [0.1, 0.15) is 42.5 Å². The van der Waals surface area contributed by atoms with Crippen LogP contribution in [0.4, 0.5) is 0 Å². The fourth-order valence-electron chi connectivity index (χ4n) is 0.839. The summed E-state index contributed by atoms with van der Waals surface area (Å²) in [6.45, 7) is 7.66. The number of hydrogen-bond acceptors (Lipinski definition) is 5. The second-order valence-electron chi connectivity index (χ2n) is 5.93. The Labute approximate surface area is 134 Å². The van der Waals surface area contributed by atoms with Crippen LogP contribution in [0, 0.1) is 10.8 Å². The molecule has 0 unspecified atom stereocenters. The molecule has 2 N–H and O–H groups in total. The van der Waals surface area contributed by atoms with Crippen LogP contribution in [0.25, 0.3) is 0 Å². The molecule has 0 bridgehead atoms. The molecule has 0 aliphatic rings. The summed E-state index contributed by atoms with van der Waals surface area (Å²) in [6, 6.07) is 0. The number of carboxylic acid groups (broad SMARTS) is 2. The molecule has 22 heavy (non-hydrogen) atoms. The van der Waals surface area contributed by atoms with Gasteiger partial charge in [0.2, 0.25) is 7.51 Å². The molecule has 0 amide bonds. The molecule has 0 aliphatic heterocycles. The monoisotopic (exact) mass is 341 g/mol. The molecular formula is C14H32NO6P. The molecule has 0 saturated heterocycles. The van der Waals surface area contributed by atoms with E-state index in [4.69, 9.17) is 19.3 Å². The van der Waals surface area contributed by atoms with E-state index in [-0.39, 0.29) is 28.1 Å². The van der Waals surface area contributed by atoms with Crippen molar-refractivity contribution in [2.75, 3.05) is 26.9 Å². The van der Waals surface area contributed by atoms with E-state index in [1.165, 1.54) is 34.7 Å². The van der Waals surface area contributed by atoms with Crippen LogP contribution in [0.15, 0.2) is 4.74 Å². The molecule has 7 nitrogen and oxygen atoms in total. The van der Waals surface area contributed by atoms with Crippen molar-refractivity contribution >= 4 is 19.4 Å². The van der Waals surface area contributed by atoms with Crippen molar-refractivity contribution in [3.05, 3.63) is 0 Å². The van der Waals surface area contributed by atoms with Gasteiger partial charge in [0.05, 0.1) is 24.0 Å². The molecule has 0 rings (SSSR count). The topological polar surface area (TPSA) is 105 Å². The lowest BCUT2D eigenvalue weighted by Gasteiger charge is -2.28. The van der Waals surface area contributed by atoms with Crippen LogP contribution in [0.5, 0.6) is 0 Å². The first-order chi connectivity index (χ1) is 8.86. The second-order valence-corrected chi connectivity index (χ2v) is 8.45. The molecule has 8 heteroatoms. The number of hydrogen-bond donors (Lipinski definition) is 2. The normalized spacial score (nSPS) is 11.9. The smallest absolute Gasteiger partial charge is 0.311 e. The average Bonchev–Trinajstić information content (AvgIpc) is 2.34. The molecule has 0 aromatic heterocycles. The van der Waals surface area contributed by atoms with Gasteiger partial charge in [-0.15, -0.1) is 0 Å². The van der Waals surface area contributed by atoms with Crippen LogP contribution >= 0.6 is 7.51 Å². The quantitative estimate of drug-likeness (QED) is 0.650. The number of rotatable bonds is 8. The first-order valence-electron chi connectivity index (χ1n) is 6.10. The third-order valence-electron chi connectivity index (χ3n) is 2.85. The maximum absolute atomic E-state index is 11.0. The highest BCUT2D eigenvalue weighted by Crippen LogP contribution is 2.49. The highest BCUT2D eigenvalue weighted by Gasteiger charge is 2.33. The summed E-state index contributed by atoms with van der Waals surface area (Å²) < 4.78 is 15.1. The number of aliphatic carboxylic acids is 2. The minimum atomic E-state index is -2.62. The van der Waals surface area contributed by atoms with Gasteiger partial charge in [-0.05, 0) is 27.7 Å². The molecule has 134 valence electrons. The van der Waals surface area contributed by atoms with Gasteiger partial charge in [0.1, 0.15) is 0 Å². The molecule has 0 aliphatic carbocycles. The average molecular weight is 341 g/mol. The van der Waals surface area contributed by atoms with Gasteiger partial charge in [-0.2, -0.15) is 0 Å². The predicted molar refractivity (Wildman–Crippen MR) is 89.4 cm³/mol. The van der Waals surface area contributed by atoms with Gasteiger partial charge in [-0.1, -0.05) is 14.9 Å². The van der Waals surface area contributed by atoms with Crippen molar-refractivity contribution in [2.45, 2.75) is 42.5 Å². The molecule has 0 aromatic carbocycles. The first-order valence-corrected chi connectivity index (χ1v) is 8.12. The largest absolute Gasteiger partial charge is 0.481 e. The van der Waals surface area contributed by atoms with Crippen LogP contribution in [-0.2, 0) is 18.6 Å². The van der Waals surface area contributed by atoms with Gasteiger partial charge in [0, 0.05) is 13.7 Å². The van der Waals surface area contributed by atoms with Gasteiger partial charge in [0.25, 0.3) is 0 Å². The SMILES string of the molecule is C.C.CN=P(C)(OCC(C)(C)C(=O)O)OCC(C)(C)C(=O)O. The molecule has 0 fully saturated rings. The van der Waals surface area contributed by atoms with Gasteiger partial charge in [0.15, 0.2) is 0 Å². The van der Waals surface area contributed by atoms with E-state index in [0.717, 1.165) is 0 Å². The molecule has 0 radical (unpaired) electrons. The Balaban J connectivity index is -0.00000180. The van der Waals surface area contributed by atoms with Crippen molar-refractivity contribution in [1.29, 1.82) is 0 Å². The number of carboxylic acids is 2. The van der Waals surface area contributed by atoms with E-state index in [9.17, 15) is 9.59 Å². The zero-order chi connectivity index (χ0) is 16.2. The lowest BCUT2D eigenvalue weighted by Crippen LogP contribution is -2.30. The van der Waals surface area contributed by atoms with Gasteiger partial charge in [-0.25, -0.2) is 0 Å². The van der Waals surface area contributed by atoms with Crippen molar-refractivity contribution in [2.24, 2.45) is 15.6 Å². The molecule has 0 aromatic rings. The fourth-order valence-corrected chi connectivity index (χ4v) is 2.27. The third kappa shape index (κ3) is 7.92. The van der Waals surface area contributed by atoms with Gasteiger partial charge >= 0.3 is 11.9 Å². The van der Waals surface area contributed by atoms with E-state index < -0.39 is 30.3 Å². The summed E-state index contributed by atoms with van der Waals surface area (Å²) in [5.41, 5.74) is -2.12. The van der Waals surface area contributed by atoms with Crippen LogP contribution in [0.3, 0.4) is 0 Å². The standard InChI is InChI=1S/C12H24NO6P.2CH4/c1-11(2,9(14)15)7-18-20(6,13-5)19-8-12(3,4)10(16)17;;/h7-8H2,1-6H3,(H,14,15)(H,16,17);2*1H4. The number of carbonyl (C=O) groups is 2. The third-order valence-corrected chi connectivity index (χ3v) is 4.79. The lowest BCUT2D eigenvalue weighted by atomic mass is 9.96. The first kappa shape index (κ1) is 26.0. The van der Waals surface area contributed by atoms with Crippen LogP contribution < -0.4 is 0 Å². The lowest BCUT2D eigenvalue weighted by molar-refractivity contribution is -0.148. The highest BCUT2D eigenvalue weighted by atomic mass is 31.2. The fraction of sp³-hybridized carbons (Fsp3) is 0.857. The zero-order valence-corrected chi connectivity index (χ0v) is 13.7. The van der Waals surface area contributed by atoms with E-state index in [1.807, 2.05) is 0 Å². The van der Waals surface area contributed by atoms with E-state index in [2.05, 4.69) is 4.74 Å². The van der Waals surface area contributed by atoms with E-state index >= 15 is 0 Å². The highest BCUT2D eigenvalue weighted by molar-refractivity contribution is 7.55. The van der Waals surface area contributed by atoms with Gasteiger partial charge in [-0.3, -0.25) is 14.3 Å². The molecule has 0 spiro atoms. The van der Waals surface area contributed by atoms with Crippen molar-refractivity contribution < 1.29 is 28.8 Å². The minimum absolute atomic E-state index is 0. The van der Waals surface area contributed by atoms with E-state index in [1.54, 1.807) is 6.66 Å². The van der Waals surface area contributed by atoms with Crippen molar-refractivity contribution in [3.63, 3.8) is 0 Å². The summed E-state index contributed by atoms with van der Waals surface area (Å²) in [4.78, 5) is 22.0. The Bertz CT molecular complexity index is 397. The predicted octanol–water partition coefficient (Wildman–Crippen LogP) is 3.80. The Kier molecular flexibility index (Phi) is 11.0. The Morgan fingerprint density at radius 2 is 1.23 bits per heavy atom. The molecule has 0 saturated carbocycles. The number of nitrogens with zero attached hydrogens (tertiary/aromatic N) is 1. The maximum Gasteiger partial charge on any atom is 0.311 e. The molecule has 0 atom stereocenters. The Morgan fingerprint density at radius 3 is 1.41 bits per heavy atom. The second kappa shape index (κ2) is 9.28. The van der Waals surface area contributed by atoms with E-state index in [0.29, 0.717) is 0 Å². The van der Waals surface area contributed by atoms with Crippen LogP contribution in [0.2, 0.25) is 0 Å². The van der Waals surface area contributed by atoms with Crippen molar-refractivity contribution in [3.8, 4) is 0 Å². The van der Waals surface area contributed by atoms with Crippen LogP contribution in [-0.4, -0.2) is 49.1 Å². The Hall–Kier alpha value is -0.910. The Morgan fingerprint density at radius 1 is 0.955 bits per heavy atom. The summed E-state index contributed by atoms with van der Waals surface area (Å²) >= 11 is 0. The summed E-state index contributed by atoms with van der Waals surface area (Å²) in [7, 11) is -1.11. The van der Waals surface area contributed by atoms with Gasteiger partial charge < -0.3 is 19.3 Å². The van der Waals surface area contributed by atoms with Crippen molar-refractivity contribution in [1.82, 2.24) is 0 Å². The zero-order valence-electron chi connectivity index (χ0n) is 12.8. The summed E-state index contributed by atoms with van der Waals surface area (Å²) in [6.07, 6.45) is 0.